The normalized spacial score (nSPS) is 10.6. The van der Waals surface area contributed by atoms with Crippen LogP contribution in [-0.2, 0) is 16.1 Å². The van der Waals surface area contributed by atoms with Crippen molar-refractivity contribution in [3.05, 3.63) is 23.7 Å². The van der Waals surface area contributed by atoms with Gasteiger partial charge in [0.2, 0.25) is 0 Å². The van der Waals surface area contributed by atoms with Gasteiger partial charge in [-0.05, 0) is 6.07 Å². The van der Waals surface area contributed by atoms with Crippen LogP contribution in [0, 0.1) is 11.3 Å². The van der Waals surface area contributed by atoms with Gasteiger partial charge in [0.15, 0.2) is 5.69 Å². The summed E-state index contributed by atoms with van der Waals surface area (Å²) in [5.41, 5.74) is 2.73. The molecule has 0 aliphatic rings. The molecule has 19 heavy (non-hydrogen) atoms. The van der Waals surface area contributed by atoms with Crippen molar-refractivity contribution < 1.29 is 9.47 Å². The fourth-order valence-corrected chi connectivity index (χ4v) is 1.94. The van der Waals surface area contributed by atoms with Crippen molar-refractivity contribution in [2.45, 2.75) is 6.61 Å². The molecule has 100 valence electrons. The van der Waals surface area contributed by atoms with Crippen molar-refractivity contribution in [3.63, 3.8) is 0 Å². The van der Waals surface area contributed by atoms with E-state index < -0.39 is 0 Å². The highest BCUT2D eigenvalue weighted by molar-refractivity contribution is 5.95. The number of ether oxygens (including phenoxy) is 2. The van der Waals surface area contributed by atoms with Crippen LogP contribution in [0.25, 0.3) is 10.9 Å². The van der Waals surface area contributed by atoms with Crippen LogP contribution in [0.2, 0.25) is 0 Å². The highest BCUT2D eigenvalue weighted by atomic mass is 16.5. The quantitative estimate of drug-likeness (QED) is 0.771. The van der Waals surface area contributed by atoms with Crippen LogP contribution in [0.5, 0.6) is 0 Å². The molecular weight excluding hydrogens is 244 g/mol. The molecule has 2 aromatic heterocycles. The zero-order valence-corrected chi connectivity index (χ0v) is 11.0. The molecule has 2 aromatic rings. The molecule has 0 amide bonds. The van der Waals surface area contributed by atoms with E-state index in [1.54, 1.807) is 14.2 Å². The van der Waals surface area contributed by atoms with E-state index in [9.17, 15) is 0 Å². The second-order valence-electron chi connectivity index (χ2n) is 3.96. The van der Waals surface area contributed by atoms with Crippen LogP contribution in [0.3, 0.4) is 0 Å². The molecular formula is C13H16N4O2. The second-order valence-corrected chi connectivity index (χ2v) is 3.96. The number of aromatic nitrogens is 2. The first-order valence-corrected chi connectivity index (χ1v) is 5.96. The van der Waals surface area contributed by atoms with E-state index in [-0.39, 0.29) is 0 Å². The average Bonchev–Trinajstić information content (AvgIpc) is 2.92. The summed E-state index contributed by atoms with van der Waals surface area (Å²) in [5.74, 6) is 0. The van der Waals surface area contributed by atoms with Gasteiger partial charge < -0.3 is 19.8 Å². The van der Waals surface area contributed by atoms with Crippen molar-refractivity contribution in [3.8, 4) is 6.07 Å². The van der Waals surface area contributed by atoms with Crippen molar-refractivity contribution >= 4 is 16.6 Å². The van der Waals surface area contributed by atoms with Gasteiger partial charge in [-0.15, -0.1) is 0 Å². The number of hydrogen-bond acceptors (Lipinski definition) is 5. The van der Waals surface area contributed by atoms with Gasteiger partial charge in [-0.3, -0.25) is 0 Å². The lowest BCUT2D eigenvalue weighted by Crippen LogP contribution is -2.06. The number of hydrogen-bond donors (Lipinski definition) is 2. The Labute approximate surface area is 111 Å². The van der Waals surface area contributed by atoms with Crippen molar-refractivity contribution in [2.75, 3.05) is 32.7 Å². The molecule has 0 atom stereocenters. The minimum Gasteiger partial charge on any atom is -0.385 e. The SMILES string of the molecule is CNc1c(C#N)nc(COCCOC)c2[nH]ccc12. The maximum absolute atomic E-state index is 9.16. The zero-order chi connectivity index (χ0) is 13.7. The van der Waals surface area contributed by atoms with Gasteiger partial charge in [0, 0.05) is 25.7 Å². The van der Waals surface area contributed by atoms with Gasteiger partial charge in [0.1, 0.15) is 6.07 Å². The topological polar surface area (TPSA) is 83.0 Å². The van der Waals surface area contributed by atoms with Gasteiger partial charge in [-0.1, -0.05) is 0 Å². The summed E-state index contributed by atoms with van der Waals surface area (Å²) in [7, 11) is 3.40. The molecule has 2 heterocycles. The van der Waals surface area contributed by atoms with E-state index in [4.69, 9.17) is 14.7 Å². The van der Waals surface area contributed by atoms with Gasteiger partial charge in [-0.2, -0.15) is 5.26 Å². The fraction of sp³-hybridized carbons (Fsp3) is 0.385. The number of nitrogens with zero attached hydrogens (tertiary/aromatic N) is 2. The van der Waals surface area contributed by atoms with Gasteiger partial charge >= 0.3 is 0 Å². The highest BCUT2D eigenvalue weighted by Gasteiger charge is 2.13. The molecule has 0 radical (unpaired) electrons. The summed E-state index contributed by atoms with van der Waals surface area (Å²) < 4.78 is 10.4. The molecule has 2 rings (SSSR count). The van der Waals surface area contributed by atoms with Gasteiger partial charge in [-0.25, -0.2) is 4.98 Å². The number of nitrogens with one attached hydrogen (secondary N) is 2. The first kappa shape index (κ1) is 13.3. The molecule has 0 fully saturated rings. The molecule has 0 aromatic carbocycles. The van der Waals surface area contributed by atoms with Gasteiger partial charge in [0.05, 0.1) is 36.7 Å². The number of methoxy groups -OCH3 is 1. The minimum atomic E-state index is 0.346. The van der Waals surface area contributed by atoms with E-state index in [0.29, 0.717) is 25.5 Å². The summed E-state index contributed by atoms with van der Waals surface area (Å²) in [5, 5.41) is 13.1. The standard InChI is InChI=1S/C13H16N4O2/c1-15-12-9-3-4-16-13(9)11(17-10(12)7-14)8-19-6-5-18-2/h3-4,15-16H,5-6,8H2,1-2H3. The van der Waals surface area contributed by atoms with Crippen LogP contribution >= 0.6 is 0 Å². The summed E-state index contributed by atoms with van der Waals surface area (Å²) >= 11 is 0. The van der Waals surface area contributed by atoms with Crippen molar-refractivity contribution in [1.82, 2.24) is 9.97 Å². The third kappa shape index (κ3) is 2.67. The fourth-order valence-electron chi connectivity index (χ4n) is 1.94. The Hall–Kier alpha value is -2.10. The molecule has 0 bridgehead atoms. The van der Waals surface area contributed by atoms with Gasteiger partial charge in [0.25, 0.3) is 0 Å². The molecule has 6 nitrogen and oxygen atoms in total. The van der Waals surface area contributed by atoms with E-state index >= 15 is 0 Å². The lowest BCUT2D eigenvalue weighted by Gasteiger charge is -2.09. The monoisotopic (exact) mass is 260 g/mol. The van der Waals surface area contributed by atoms with Crippen LogP contribution in [-0.4, -0.2) is 37.3 Å². The smallest absolute Gasteiger partial charge is 0.164 e. The van der Waals surface area contributed by atoms with E-state index in [2.05, 4.69) is 21.4 Å². The third-order valence-electron chi connectivity index (χ3n) is 2.81. The molecule has 6 heteroatoms. The molecule has 0 saturated heterocycles. The molecule has 2 N–H and O–H groups in total. The number of aromatic amines is 1. The third-order valence-corrected chi connectivity index (χ3v) is 2.81. The van der Waals surface area contributed by atoms with Crippen LogP contribution in [0.4, 0.5) is 5.69 Å². The largest absolute Gasteiger partial charge is 0.385 e. The van der Waals surface area contributed by atoms with E-state index in [0.717, 1.165) is 22.3 Å². The van der Waals surface area contributed by atoms with Crippen molar-refractivity contribution in [1.29, 1.82) is 5.26 Å². The van der Waals surface area contributed by atoms with Crippen LogP contribution in [0.1, 0.15) is 11.4 Å². The first-order chi connectivity index (χ1) is 9.31. The second kappa shape index (κ2) is 6.18. The number of nitriles is 1. The molecule has 0 aliphatic heterocycles. The molecule has 0 unspecified atom stereocenters. The summed E-state index contributed by atoms with van der Waals surface area (Å²) in [6.45, 7) is 1.38. The number of rotatable bonds is 6. The summed E-state index contributed by atoms with van der Waals surface area (Å²) in [4.78, 5) is 7.47. The Morgan fingerprint density at radius 2 is 2.32 bits per heavy atom. The number of H-pyrrole nitrogens is 1. The Morgan fingerprint density at radius 1 is 1.47 bits per heavy atom. The maximum atomic E-state index is 9.16. The van der Waals surface area contributed by atoms with E-state index in [1.165, 1.54) is 0 Å². The lowest BCUT2D eigenvalue weighted by molar-refractivity contribution is 0.0607. The minimum absolute atomic E-state index is 0.346. The van der Waals surface area contributed by atoms with Crippen LogP contribution < -0.4 is 5.32 Å². The number of anilines is 1. The molecule has 0 saturated carbocycles. The first-order valence-electron chi connectivity index (χ1n) is 5.96. The lowest BCUT2D eigenvalue weighted by atomic mass is 10.2. The summed E-state index contributed by atoms with van der Waals surface area (Å²) in [6.07, 6.45) is 1.83. The Kier molecular flexibility index (Phi) is 4.34. The zero-order valence-electron chi connectivity index (χ0n) is 11.0. The Balaban J connectivity index is 2.33. The maximum Gasteiger partial charge on any atom is 0.164 e. The predicted molar refractivity (Wildman–Crippen MR) is 71.9 cm³/mol. The molecule has 0 aliphatic carbocycles. The Bertz CT molecular complexity index is 600. The number of fused-ring (bicyclic) bond motifs is 1. The van der Waals surface area contributed by atoms with E-state index in [1.807, 2.05) is 12.3 Å². The average molecular weight is 260 g/mol. The van der Waals surface area contributed by atoms with Crippen molar-refractivity contribution in [2.24, 2.45) is 0 Å². The predicted octanol–water partition coefficient (Wildman–Crippen LogP) is 1.64. The molecule has 0 spiro atoms. The Morgan fingerprint density at radius 3 is 3.00 bits per heavy atom. The number of pyridine rings is 1. The highest BCUT2D eigenvalue weighted by Crippen LogP contribution is 2.27. The summed E-state index contributed by atoms with van der Waals surface area (Å²) in [6, 6.07) is 4.02. The van der Waals surface area contributed by atoms with Crippen LogP contribution in [0.15, 0.2) is 12.3 Å².